The Morgan fingerprint density at radius 2 is 1.87 bits per heavy atom. The molecule has 152 valence electrons. The summed E-state index contributed by atoms with van der Waals surface area (Å²) in [6.07, 6.45) is 4.55. The molecule has 0 unspecified atom stereocenters. The third kappa shape index (κ3) is 2.71. The van der Waals surface area contributed by atoms with E-state index in [0.29, 0.717) is 5.95 Å². The first-order chi connectivity index (χ1) is 14.6. The average molecular weight is 400 g/mol. The predicted octanol–water partition coefficient (Wildman–Crippen LogP) is 3.90. The summed E-state index contributed by atoms with van der Waals surface area (Å²) >= 11 is 0. The number of rotatable bonds is 4. The van der Waals surface area contributed by atoms with Crippen LogP contribution in [-0.2, 0) is 0 Å². The molecule has 0 spiro atoms. The summed E-state index contributed by atoms with van der Waals surface area (Å²) in [5, 5.41) is 13.3. The molecule has 4 aromatic rings. The lowest BCUT2D eigenvalue weighted by Gasteiger charge is -2.39. The van der Waals surface area contributed by atoms with Gasteiger partial charge in [0, 0.05) is 11.6 Å². The molecule has 1 aromatic carbocycles. The van der Waals surface area contributed by atoms with E-state index in [1.165, 1.54) is 0 Å². The van der Waals surface area contributed by atoms with Gasteiger partial charge in [0.2, 0.25) is 0 Å². The first-order valence-corrected chi connectivity index (χ1v) is 10.3. The molecule has 30 heavy (non-hydrogen) atoms. The number of benzene rings is 1. The lowest BCUT2D eigenvalue weighted by atomic mass is 10.1. The second kappa shape index (κ2) is 7.05. The predicted molar refractivity (Wildman–Crippen MR) is 115 cm³/mol. The maximum absolute atomic E-state index is 5.00. The fourth-order valence-electron chi connectivity index (χ4n) is 4.25. The summed E-state index contributed by atoms with van der Waals surface area (Å²) in [6, 6.07) is 12.5. The van der Waals surface area contributed by atoms with Gasteiger partial charge in [-0.25, -0.2) is 4.98 Å². The van der Waals surface area contributed by atoms with Crippen molar-refractivity contribution in [2.45, 2.75) is 46.2 Å². The Morgan fingerprint density at radius 3 is 2.60 bits per heavy atom. The van der Waals surface area contributed by atoms with Gasteiger partial charge in [0.1, 0.15) is 11.5 Å². The van der Waals surface area contributed by atoms with Crippen molar-refractivity contribution in [2.24, 2.45) is 0 Å². The van der Waals surface area contributed by atoms with Crippen molar-refractivity contribution in [3.63, 3.8) is 0 Å². The maximum atomic E-state index is 5.00. The monoisotopic (exact) mass is 400 g/mol. The van der Waals surface area contributed by atoms with Gasteiger partial charge in [0.15, 0.2) is 11.6 Å². The van der Waals surface area contributed by atoms with Crippen LogP contribution in [0.4, 0.5) is 5.82 Å². The summed E-state index contributed by atoms with van der Waals surface area (Å²) in [4.78, 5) is 12.0. The molecule has 1 aliphatic heterocycles. The first kappa shape index (κ1) is 18.5. The molecule has 0 radical (unpaired) electrons. The van der Waals surface area contributed by atoms with Gasteiger partial charge in [-0.3, -0.25) is 4.57 Å². The first-order valence-electron chi connectivity index (χ1n) is 10.3. The third-order valence-corrected chi connectivity index (χ3v) is 5.55. The van der Waals surface area contributed by atoms with E-state index in [-0.39, 0.29) is 12.1 Å². The molecule has 0 bridgehead atoms. The molecule has 0 aliphatic carbocycles. The highest BCUT2D eigenvalue weighted by molar-refractivity contribution is 5.64. The zero-order valence-corrected chi connectivity index (χ0v) is 17.6. The van der Waals surface area contributed by atoms with Crippen LogP contribution in [-0.4, -0.2) is 40.6 Å². The fraction of sp³-hybridized carbons (Fsp3) is 0.318. The van der Waals surface area contributed by atoms with Crippen molar-refractivity contribution >= 4 is 5.82 Å². The summed E-state index contributed by atoms with van der Waals surface area (Å²) in [5.41, 5.74) is 2.93. The number of anilines is 1. The number of fused-ring (bicyclic) bond motifs is 3. The smallest absolute Gasteiger partial charge is 0.253 e. The number of hydrogen-bond donors (Lipinski definition) is 0. The van der Waals surface area contributed by atoms with Gasteiger partial charge in [-0.1, -0.05) is 37.3 Å². The largest absolute Gasteiger partial charge is 0.342 e. The third-order valence-electron chi connectivity index (χ3n) is 5.55. The Labute approximate surface area is 175 Å². The van der Waals surface area contributed by atoms with Crippen molar-refractivity contribution < 1.29 is 0 Å². The quantitative estimate of drug-likeness (QED) is 0.517. The van der Waals surface area contributed by atoms with Crippen LogP contribution in [0.25, 0.3) is 22.9 Å². The lowest BCUT2D eigenvalue weighted by Crippen LogP contribution is -2.40. The Bertz CT molecular complexity index is 1190. The average Bonchev–Trinajstić information content (AvgIpc) is 3.40. The zero-order valence-electron chi connectivity index (χ0n) is 17.6. The Kier molecular flexibility index (Phi) is 4.34. The maximum Gasteiger partial charge on any atom is 0.253 e. The van der Waals surface area contributed by atoms with Gasteiger partial charge >= 0.3 is 0 Å². The van der Waals surface area contributed by atoms with Gasteiger partial charge in [0.05, 0.1) is 24.1 Å². The Balaban J connectivity index is 1.70. The van der Waals surface area contributed by atoms with E-state index in [0.717, 1.165) is 40.8 Å². The number of nitrogens with zero attached hydrogens (tertiary/aromatic N) is 8. The molecule has 0 N–H and O–H groups in total. The van der Waals surface area contributed by atoms with Crippen LogP contribution in [0.3, 0.4) is 0 Å². The molecule has 8 heteroatoms. The molecule has 0 saturated carbocycles. The summed E-state index contributed by atoms with van der Waals surface area (Å²) in [7, 11) is 0. The van der Waals surface area contributed by atoms with Crippen molar-refractivity contribution in [1.29, 1.82) is 0 Å². The number of hydrogen-bond acceptors (Lipinski definition) is 6. The van der Waals surface area contributed by atoms with E-state index >= 15 is 0 Å². The minimum absolute atomic E-state index is 0.104. The molecule has 1 atom stereocenters. The standard InChI is InChI=1S/C22H24N8/c1-5-17-21-27-26-15(4)29(21)19-13-23-22(25-20(19)28(17)14(2)3)30-18(11-12-24-30)16-9-7-6-8-10-16/h6-14,17H,5H2,1-4H3/t17-/m1/s1. The van der Waals surface area contributed by atoms with Crippen LogP contribution in [0.5, 0.6) is 0 Å². The lowest BCUT2D eigenvalue weighted by molar-refractivity contribution is 0.495. The van der Waals surface area contributed by atoms with E-state index in [9.17, 15) is 0 Å². The molecule has 3 aromatic heterocycles. The fourth-order valence-corrected chi connectivity index (χ4v) is 4.25. The van der Waals surface area contributed by atoms with E-state index in [4.69, 9.17) is 4.98 Å². The number of aromatic nitrogens is 7. The van der Waals surface area contributed by atoms with Gasteiger partial charge in [0.25, 0.3) is 5.95 Å². The number of aryl methyl sites for hydroxylation is 1. The van der Waals surface area contributed by atoms with E-state index in [1.54, 1.807) is 10.9 Å². The normalized spacial score (nSPS) is 15.4. The van der Waals surface area contributed by atoms with Crippen molar-refractivity contribution in [2.75, 3.05) is 4.90 Å². The summed E-state index contributed by atoms with van der Waals surface area (Å²) < 4.78 is 3.87. The van der Waals surface area contributed by atoms with Gasteiger partial charge in [-0.15, -0.1) is 10.2 Å². The van der Waals surface area contributed by atoms with Crippen molar-refractivity contribution in [3.8, 4) is 22.9 Å². The highest BCUT2D eigenvalue weighted by Crippen LogP contribution is 2.40. The van der Waals surface area contributed by atoms with Crippen molar-refractivity contribution in [1.82, 2.24) is 34.5 Å². The van der Waals surface area contributed by atoms with E-state index in [2.05, 4.69) is 62.7 Å². The molecule has 1 aliphatic rings. The molecule has 4 heterocycles. The van der Waals surface area contributed by atoms with Crippen LogP contribution in [0, 0.1) is 6.92 Å². The minimum atomic E-state index is 0.104. The highest BCUT2D eigenvalue weighted by atomic mass is 15.4. The van der Waals surface area contributed by atoms with Crippen LogP contribution in [0.1, 0.15) is 44.9 Å². The second-order valence-corrected chi connectivity index (χ2v) is 7.74. The van der Waals surface area contributed by atoms with Gasteiger partial charge < -0.3 is 4.90 Å². The van der Waals surface area contributed by atoms with E-state index < -0.39 is 0 Å². The molecule has 5 rings (SSSR count). The molecule has 0 amide bonds. The van der Waals surface area contributed by atoms with Crippen LogP contribution < -0.4 is 4.90 Å². The molecule has 8 nitrogen and oxygen atoms in total. The molecular weight excluding hydrogens is 376 g/mol. The zero-order chi connectivity index (χ0) is 20.8. The topological polar surface area (TPSA) is 77.5 Å². The minimum Gasteiger partial charge on any atom is -0.342 e. The van der Waals surface area contributed by atoms with Crippen LogP contribution in [0.15, 0.2) is 48.8 Å². The van der Waals surface area contributed by atoms with Crippen LogP contribution in [0.2, 0.25) is 0 Å². The van der Waals surface area contributed by atoms with E-state index in [1.807, 2.05) is 37.4 Å². The molecule has 0 fully saturated rings. The summed E-state index contributed by atoms with van der Waals surface area (Å²) in [5.74, 6) is 3.21. The van der Waals surface area contributed by atoms with Gasteiger partial charge in [-0.05, 0) is 33.3 Å². The van der Waals surface area contributed by atoms with Gasteiger partial charge in [-0.2, -0.15) is 14.8 Å². The Morgan fingerprint density at radius 1 is 1.07 bits per heavy atom. The second-order valence-electron chi connectivity index (χ2n) is 7.74. The molecular formula is C22H24N8. The highest BCUT2D eigenvalue weighted by Gasteiger charge is 2.36. The van der Waals surface area contributed by atoms with Crippen LogP contribution >= 0.6 is 0 Å². The van der Waals surface area contributed by atoms with Crippen molar-refractivity contribution in [3.05, 3.63) is 60.4 Å². The molecule has 0 saturated heterocycles. The Hall–Kier alpha value is -3.55. The summed E-state index contributed by atoms with van der Waals surface area (Å²) in [6.45, 7) is 8.49. The SMILES string of the molecule is CC[C@@H]1c2nnc(C)n2-c2cnc(-n3nccc3-c3ccccc3)nc2N1C(C)C.